The van der Waals surface area contributed by atoms with Crippen LogP contribution in [-0.4, -0.2) is 39.3 Å². The predicted octanol–water partition coefficient (Wildman–Crippen LogP) is 0.336. The number of ether oxygens (including phenoxy) is 2. The van der Waals surface area contributed by atoms with E-state index in [4.69, 9.17) is 9.47 Å². The largest absolute Gasteiger partial charge is 0.486 e. The van der Waals surface area contributed by atoms with Gasteiger partial charge in [-0.3, -0.25) is 4.79 Å². The number of amides is 1. The summed E-state index contributed by atoms with van der Waals surface area (Å²) in [7, 11) is 1.63. The van der Waals surface area contributed by atoms with Crippen LogP contribution in [0.1, 0.15) is 5.56 Å². The summed E-state index contributed by atoms with van der Waals surface area (Å²) < 4.78 is 11.0. The first-order valence-corrected chi connectivity index (χ1v) is 6.09. The van der Waals surface area contributed by atoms with E-state index < -0.39 is 0 Å². The third kappa shape index (κ3) is 3.37. The fourth-order valence-electron chi connectivity index (χ4n) is 1.77. The lowest BCUT2D eigenvalue weighted by Crippen LogP contribution is -2.32. The Morgan fingerprint density at radius 3 is 2.83 bits per heavy atom. The van der Waals surface area contributed by atoms with Gasteiger partial charge in [0.1, 0.15) is 13.2 Å². The molecule has 5 heteroatoms. The van der Waals surface area contributed by atoms with E-state index in [1.165, 1.54) is 5.56 Å². The van der Waals surface area contributed by atoms with E-state index in [0.29, 0.717) is 19.8 Å². The van der Waals surface area contributed by atoms with E-state index in [-0.39, 0.29) is 5.91 Å². The van der Waals surface area contributed by atoms with Gasteiger partial charge in [-0.25, -0.2) is 0 Å². The number of likely N-dealkylation sites (N-methyl/N-ethyl adjacent to an activating group) is 1. The summed E-state index contributed by atoms with van der Waals surface area (Å²) in [5.74, 6) is 1.62. The smallest absolute Gasteiger partial charge is 0.233 e. The van der Waals surface area contributed by atoms with Gasteiger partial charge in [0, 0.05) is 7.05 Å². The average molecular weight is 250 g/mol. The van der Waals surface area contributed by atoms with E-state index in [0.717, 1.165) is 24.5 Å². The van der Waals surface area contributed by atoms with E-state index in [9.17, 15) is 4.79 Å². The second-order valence-electron chi connectivity index (χ2n) is 4.08. The highest BCUT2D eigenvalue weighted by Gasteiger charge is 2.11. The van der Waals surface area contributed by atoms with Crippen LogP contribution < -0.4 is 20.1 Å². The van der Waals surface area contributed by atoms with Gasteiger partial charge in [-0.2, -0.15) is 0 Å². The van der Waals surface area contributed by atoms with Crippen molar-refractivity contribution in [2.24, 2.45) is 0 Å². The molecule has 0 spiro atoms. The molecule has 0 aromatic heterocycles. The number of carbonyl (C=O) groups is 1. The van der Waals surface area contributed by atoms with E-state index >= 15 is 0 Å². The summed E-state index contributed by atoms with van der Waals surface area (Å²) in [4.78, 5) is 11.0. The van der Waals surface area contributed by atoms with Crippen LogP contribution in [0.15, 0.2) is 18.2 Å². The van der Waals surface area contributed by atoms with Crippen LogP contribution in [0.4, 0.5) is 0 Å². The van der Waals surface area contributed by atoms with Crippen LogP contribution in [0.5, 0.6) is 11.5 Å². The number of carbonyl (C=O) groups excluding carboxylic acids is 1. The maximum atomic E-state index is 11.0. The summed E-state index contributed by atoms with van der Waals surface area (Å²) in [6.07, 6.45) is 0.855. The highest BCUT2D eigenvalue weighted by molar-refractivity contribution is 5.77. The normalized spacial score (nSPS) is 13.2. The van der Waals surface area contributed by atoms with Crippen molar-refractivity contribution < 1.29 is 14.3 Å². The molecule has 0 aliphatic carbocycles. The molecule has 0 atom stereocenters. The lowest BCUT2D eigenvalue weighted by molar-refractivity contribution is -0.119. The molecule has 2 N–H and O–H groups in total. The molecule has 0 saturated carbocycles. The molecule has 0 radical (unpaired) electrons. The minimum absolute atomic E-state index is 0.00262. The molecule has 2 rings (SSSR count). The maximum absolute atomic E-state index is 11.0. The summed E-state index contributed by atoms with van der Waals surface area (Å²) in [6, 6.07) is 5.95. The Kier molecular flexibility index (Phi) is 4.41. The monoisotopic (exact) mass is 250 g/mol. The second-order valence-corrected chi connectivity index (χ2v) is 4.08. The Hall–Kier alpha value is -1.75. The van der Waals surface area contributed by atoms with Crippen molar-refractivity contribution in [2.45, 2.75) is 6.42 Å². The lowest BCUT2D eigenvalue weighted by atomic mass is 10.1. The van der Waals surface area contributed by atoms with Crippen molar-refractivity contribution >= 4 is 5.91 Å². The molecule has 1 amide bonds. The second kappa shape index (κ2) is 6.26. The first kappa shape index (κ1) is 12.7. The lowest BCUT2D eigenvalue weighted by Gasteiger charge is -2.18. The minimum atomic E-state index is -0.00262. The molecular formula is C13H18N2O3. The molecular weight excluding hydrogens is 232 g/mol. The SMILES string of the molecule is CNC(=O)CNCCc1ccc2c(c1)OCCO2. The molecule has 1 aromatic rings. The summed E-state index contributed by atoms with van der Waals surface area (Å²) in [5.41, 5.74) is 1.17. The quantitative estimate of drug-likeness (QED) is 0.740. The number of rotatable bonds is 5. The third-order valence-corrected chi connectivity index (χ3v) is 2.76. The molecule has 1 heterocycles. The first-order chi connectivity index (χ1) is 8.79. The van der Waals surface area contributed by atoms with Gasteiger partial charge in [-0.05, 0) is 30.7 Å². The molecule has 0 fully saturated rings. The minimum Gasteiger partial charge on any atom is -0.486 e. The zero-order chi connectivity index (χ0) is 12.8. The molecule has 0 unspecified atom stereocenters. The molecule has 0 bridgehead atoms. The Morgan fingerprint density at radius 2 is 2.06 bits per heavy atom. The molecule has 1 aliphatic rings. The van der Waals surface area contributed by atoms with Crippen LogP contribution in [0, 0.1) is 0 Å². The van der Waals surface area contributed by atoms with Crippen molar-refractivity contribution in [3.8, 4) is 11.5 Å². The van der Waals surface area contributed by atoms with Crippen molar-refractivity contribution in [3.63, 3.8) is 0 Å². The van der Waals surface area contributed by atoms with Gasteiger partial charge >= 0.3 is 0 Å². The fraction of sp³-hybridized carbons (Fsp3) is 0.462. The van der Waals surface area contributed by atoms with Gasteiger partial charge in [0.15, 0.2) is 11.5 Å². The number of hydrogen-bond acceptors (Lipinski definition) is 4. The van der Waals surface area contributed by atoms with Crippen LogP contribution >= 0.6 is 0 Å². The average Bonchev–Trinajstić information content (AvgIpc) is 2.43. The first-order valence-electron chi connectivity index (χ1n) is 6.09. The summed E-state index contributed by atoms with van der Waals surface area (Å²) in [5, 5.41) is 5.65. The Balaban J connectivity index is 1.81. The van der Waals surface area contributed by atoms with Crippen LogP contribution in [0.2, 0.25) is 0 Å². The van der Waals surface area contributed by atoms with Crippen LogP contribution in [0.25, 0.3) is 0 Å². The molecule has 1 aromatic carbocycles. The van der Waals surface area contributed by atoms with Gasteiger partial charge in [0.2, 0.25) is 5.91 Å². The Bertz CT molecular complexity index is 421. The zero-order valence-corrected chi connectivity index (χ0v) is 10.5. The highest BCUT2D eigenvalue weighted by atomic mass is 16.6. The van der Waals surface area contributed by atoms with Gasteiger partial charge in [-0.15, -0.1) is 0 Å². The maximum Gasteiger partial charge on any atom is 0.233 e. The standard InChI is InChI=1S/C13H18N2O3/c1-14-13(16)9-15-5-4-10-2-3-11-12(8-10)18-7-6-17-11/h2-3,8,15H,4-7,9H2,1H3,(H,14,16). The zero-order valence-electron chi connectivity index (χ0n) is 10.5. The van der Waals surface area contributed by atoms with E-state index in [1.807, 2.05) is 18.2 Å². The number of hydrogen-bond donors (Lipinski definition) is 2. The van der Waals surface area contributed by atoms with Crippen molar-refractivity contribution in [1.29, 1.82) is 0 Å². The highest BCUT2D eigenvalue weighted by Crippen LogP contribution is 2.30. The van der Waals surface area contributed by atoms with Gasteiger partial charge in [0.25, 0.3) is 0 Å². The Morgan fingerprint density at radius 1 is 1.28 bits per heavy atom. The molecule has 0 saturated heterocycles. The third-order valence-electron chi connectivity index (χ3n) is 2.76. The summed E-state index contributed by atoms with van der Waals surface area (Å²) >= 11 is 0. The van der Waals surface area contributed by atoms with Crippen LogP contribution in [0.3, 0.4) is 0 Å². The molecule has 5 nitrogen and oxygen atoms in total. The van der Waals surface area contributed by atoms with Crippen LogP contribution in [-0.2, 0) is 11.2 Å². The number of nitrogens with one attached hydrogen (secondary N) is 2. The van der Waals surface area contributed by atoms with E-state index in [1.54, 1.807) is 7.05 Å². The van der Waals surface area contributed by atoms with Crippen molar-refractivity contribution in [3.05, 3.63) is 23.8 Å². The van der Waals surface area contributed by atoms with Gasteiger partial charge < -0.3 is 20.1 Å². The van der Waals surface area contributed by atoms with Gasteiger partial charge in [0.05, 0.1) is 6.54 Å². The molecule has 18 heavy (non-hydrogen) atoms. The molecule has 1 aliphatic heterocycles. The predicted molar refractivity (Wildman–Crippen MR) is 68.1 cm³/mol. The van der Waals surface area contributed by atoms with Crippen molar-refractivity contribution in [1.82, 2.24) is 10.6 Å². The van der Waals surface area contributed by atoms with Crippen molar-refractivity contribution in [2.75, 3.05) is 33.4 Å². The Labute approximate surface area is 106 Å². The topological polar surface area (TPSA) is 59.6 Å². The fourth-order valence-corrected chi connectivity index (χ4v) is 1.77. The summed E-state index contributed by atoms with van der Waals surface area (Å²) in [6.45, 7) is 2.32. The number of benzene rings is 1. The van der Waals surface area contributed by atoms with Gasteiger partial charge in [-0.1, -0.05) is 6.07 Å². The molecule has 98 valence electrons. The number of fused-ring (bicyclic) bond motifs is 1. The van der Waals surface area contributed by atoms with E-state index in [2.05, 4.69) is 10.6 Å².